The Bertz CT molecular complexity index is 624. The Kier molecular flexibility index (Phi) is 2.29. The minimum Gasteiger partial charge on any atom is -0.443 e. The van der Waals surface area contributed by atoms with E-state index in [4.69, 9.17) is 4.42 Å². The van der Waals surface area contributed by atoms with E-state index in [1.165, 1.54) is 24.0 Å². The lowest BCUT2D eigenvalue weighted by Crippen LogP contribution is -2.30. The maximum absolute atomic E-state index is 12.5. The van der Waals surface area contributed by atoms with Gasteiger partial charge >= 0.3 is 0 Å². The third-order valence-electron chi connectivity index (χ3n) is 3.87. The summed E-state index contributed by atoms with van der Waals surface area (Å²) in [5.41, 5.74) is 0.767. The predicted molar refractivity (Wildman–Crippen MR) is 69.8 cm³/mol. The standard InChI is InChI=1S/C13H13N3O2S/c1-7-10(13(17)16-5-8-4-9(8)6-16)19-12(15-7)11-14-2-3-18-11/h2-3,8-9H,4-6H2,1H3. The van der Waals surface area contributed by atoms with Crippen LogP contribution in [0.2, 0.25) is 0 Å². The maximum Gasteiger partial charge on any atom is 0.265 e. The van der Waals surface area contributed by atoms with Crippen LogP contribution in [0.1, 0.15) is 21.8 Å². The Morgan fingerprint density at radius 2 is 2.26 bits per heavy atom. The molecule has 4 rings (SSSR count). The molecule has 1 amide bonds. The number of likely N-dealkylation sites (tertiary alicyclic amines) is 1. The monoisotopic (exact) mass is 275 g/mol. The molecule has 0 aromatic carbocycles. The van der Waals surface area contributed by atoms with E-state index in [1.54, 1.807) is 6.20 Å². The zero-order chi connectivity index (χ0) is 13.0. The normalized spacial score (nSPS) is 24.6. The van der Waals surface area contributed by atoms with Crippen molar-refractivity contribution in [3.8, 4) is 10.9 Å². The van der Waals surface area contributed by atoms with Crippen molar-refractivity contribution in [3.05, 3.63) is 23.0 Å². The molecule has 0 N–H and O–H groups in total. The molecule has 1 aliphatic carbocycles. The van der Waals surface area contributed by atoms with Gasteiger partial charge in [0.25, 0.3) is 11.8 Å². The van der Waals surface area contributed by atoms with Crippen LogP contribution in [0.3, 0.4) is 0 Å². The van der Waals surface area contributed by atoms with E-state index in [0.717, 1.165) is 35.5 Å². The molecule has 1 aliphatic heterocycles. The van der Waals surface area contributed by atoms with Gasteiger partial charge in [-0.15, -0.1) is 11.3 Å². The highest BCUT2D eigenvalue weighted by atomic mass is 32.1. The van der Waals surface area contributed by atoms with Crippen LogP contribution in [0.5, 0.6) is 0 Å². The predicted octanol–water partition coefficient (Wildman–Crippen LogP) is 2.20. The third-order valence-corrected chi connectivity index (χ3v) is 5.01. The summed E-state index contributed by atoms with van der Waals surface area (Å²) in [6.45, 7) is 3.69. The van der Waals surface area contributed by atoms with Crippen LogP contribution in [0.25, 0.3) is 10.9 Å². The molecular formula is C13H13N3O2S. The highest BCUT2D eigenvalue weighted by Gasteiger charge is 2.47. The molecule has 2 unspecified atom stereocenters. The van der Waals surface area contributed by atoms with Gasteiger partial charge in [-0.25, -0.2) is 9.97 Å². The van der Waals surface area contributed by atoms with Crippen LogP contribution in [-0.2, 0) is 0 Å². The fraction of sp³-hybridized carbons (Fsp3) is 0.462. The number of hydrogen-bond donors (Lipinski definition) is 0. The highest BCUT2D eigenvalue weighted by Crippen LogP contribution is 2.45. The molecule has 6 heteroatoms. The van der Waals surface area contributed by atoms with Crippen molar-refractivity contribution in [2.45, 2.75) is 13.3 Å². The van der Waals surface area contributed by atoms with E-state index in [-0.39, 0.29) is 5.91 Å². The minimum atomic E-state index is 0.111. The van der Waals surface area contributed by atoms with Gasteiger partial charge in [0.05, 0.1) is 11.9 Å². The lowest BCUT2D eigenvalue weighted by Gasteiger charge is -2.16. The first-order valence-corrected chi connectivity index (χ1v) is 7.20. The Labute approximate surface area is 114 Å². The van der Waals surface area contributed by atoms with E-state index >= 15 is 0 Å². The van der Waals surface area contributed by atoms with E-state index < -0.39 is 0 Å². The summed E-state index contributed by atoms with van der Waals surface area (Å²) in [5.74, 6) is 2.10. The molecule has 0 radical (unpaired) electrons. The number of nitrogens with zero attached hydrogens (tertiary/aromatic N) is 3. The first-order valence-electron chi connectivity index (χ1n) is 6.39. The van der Waals surface area contributed by atoms with Crippen LogP contribution in [0.15, 0.2) is 16.9 Å². The van der Waals surface area contributed by atoms with Gasteiger partial charge in [0.2, 0.25) is 0 Å². The second-order valence-corrected chi connectivity index (χ2v) is 6.24. The second-order valence-electron chi connectivity index (χ2n) is 5.24. The number of aryl methyl sites for hydroxylation is 1. The van der Waals surface area contributed by atoms with E-state index in [2.05, 4.69) is 9.97 Å². The quantitative estimate of drug-likeness (QED) is 0.843. The molecule has 3 heterocycles. The molecule has 0 spiro atoms. The van der Waals surface area contributed by atoms with Crippen LogP contribution in [0, 0.1) is 18.8 Å². The van der Waals surface area contributed by atoms with E-state index in [0.29, 0.717) is 10.9 Å². The number of amides is 1. The SMILES string of the molecule is Cc1nc(-c2ncco2)sc1C(=O)N1CC2CC2C1. The third kappa shape index (κ3) is 1.78. The van der Waals surface area contributed by atoms with Crippen molar-refractivity contribution < 1.29 is 9.21 Å². The summed E-state index contributed by atoms with van der Waals surface area (Å²) >= 11 is 1.37. The first-order chi connectivity index (χ1) is 9.22. The Morgan fingerprint density at radius 3 is 2.95 bits per heavy atom. The Morgan fingerprint density at radius 1 is 1.47 bits per heavy atom. The molecule has 2 fully saturated rings. The zero-order valence-corrected chi connectivity index (χ0v) is 11.3. The van der Waals surface area contributed by atoms with Crippen molar-refractivity contribution >= 4 is 17.2 Å². The smallest absolute Gasteiger partial charge is 0.265 e. The van der Waals surface area contributed by atoms with Crippen molar-refractivity contribution in [1.29, 1.82) is 0 Å². The summed E-state index contributed by atoms with van der Waals surface area (Å²) in [7, 11) is 0. The van der Waals surface area contributed by atoms with Gasteiger partial charge in [-0.1, -0.05) is 0 Å². The van der Waals surface area contributed by atoms with Crippen LogP contribution < -0.4 is 0 Å². The Balaban J connectivity index is 1.62. The van der Waals surface area contributed by atoms with Gasteiger partial charge in [-0.2, -0.15) is 0 Å². The summed E-state index contributed by atoms with van der Waals surface area (Å²) in [6, 6.07) is 0. The van der Waals surface area contributed by atoms with Crippen LogP contribution in [0.4, 0.5) is 0 Å². The van der Waals surface area contributed by atoms with Crippen LogP contribution in [-0.4, -0.2) is 33.9 Å². The summed E-state index contributed by atoms with van der Waals surface area (Å²) in [6.07, 6.45) is 4.40. The molecule has 2 aromatic rings. The van der Waals surface area contributed by atoms with Crippen molar-refractivity contribution in [3.63, 3.8) is 0 Å². The van der Waals surface area contributed by atoms with E-state index in [9.17, 15) is 4.79 Å². The number of carbonyl (C=O) groups excluding carboxylic acids is 1. The number of hydrogen-bond acceptors (Lipinski definition) is 5. The number of thiazole rings is 1. The molecule has 98 valence electrons. The molecule has 5 nitrogen and oxygen atoms in total. The summed E-state index contributed by atoms with van der Waals surface area (Å²) in [5, 5.41) is 0.676. The lowest BCUT2D eigenvalue weighted by atomic mass is 10.3. The molecule has 2 atom stereocenters. The number of piperidine rings is 1. The zero-order valence-electron chi connectivity index (χ0n) is 10.5. The molecule has 1 saturated carbocycles. The van der Waals surface area contributed by atoms with Gasteiger partial charge in [0.15, 0.2) is 5.01 Å². The molecule has 19 heavy (non-hydrogen) atoms. The number of carbonyl (C=O) groups is 1. The number of rotatable bonds is 2. The van der Waals surface area contributed by atoms with Crippen molar-refractivity contribution in [2.75, 3.05) is 13.1 Å². The van der Waals surface area contributed by atoms with Gasteiger partial charge in [-0.3, -0.25) is 4.79 Å². The molecule has 2 aromatic heterocycles. The van der Waals surface area contributed by atoms with Gasteiger partial charge in [-0.05, 0) is 25.2 Å². The Hall–Kier alpha value is -1.69. The fourth-order valence-corrected chi connectivity index (χ4v) is 3.70. The molecule has 2 aliphatic rings. The molecular weight excluding hydrogens is 262 g/mol. The van der Waals surface area contributed by atoms with Crippen molar-refractivity contribution in [1.82, 2.24) is 14.9 Å². The summed E-state index contributed by atoms with van der Waals surface area (Å²) < 4.78 is 5.23. The number of oxazole rings is 1. The number of fused-ring (bicyclic) bond motifs is 1. The molecule has 0 bridgehead atoms. The topological polar surface area (TPSA) is 59.2 Å². The average molecular weight is 275 g/mol. The van der Waals surface area contributed by atoms with Gasteiger partial charge in [0, 0.05) is 13.1 Å². The largest absolute Gasteiger partial charge is 0.443 e. The average Bonchev–Trinajstić information content (AvgIpc) is 2.86. The van der Waals surface area contributed by atoms with Gasteiger partial charge in [0.1, 0.15) is 11.1 Å². The fourth-order valence-electron chi connectivity index (χ4n) is 2.72. The summed E-state index contributed by atoms with van der Waals surface area (Å²) in [4.78, 5) is 23.6. The lowest BCUT2D eigenvalue weighted by molar-refractivity contribution is 0.0779. The van der Waals surface area contributed by atoms with E-state index in [1.807, 2.05) is 11.8 Å². The second kappa shape index (κ2) is 3.90. The highest BCUT2D eigenvalue weighted by molar-refractivity contribution is 7.17. The first kappa shape index (κ1) is 11.2. The number of aromatic nitrogens is 2. The maximum atomic E-state index is 12.5. The minimum absolute atomic E-state index is 0.111. The molecule has 1 saturated heterocycles. The van der Waals surface area contributed by atoms with Crippen LogP contribution >= 0.6 is 11.3 Å². The van der Waals surface area contributed by atoms with Crippen molar-refractivity contribution in [2.24, 2.45) is 11.8 Å². The van der Waals surface area contributed by atoms with Gasteiger partial charge < -0.3 is 9.32 Å².